The first kappa shape index (κ1) is 17.5. The summed E-state index contributed by atoms with van der Waals surface area (Å²) >= 11 is 0. The lowest BCUT2D eigenvalue weighted by Gasteiger charge is -2.21. The van der Waals surface area contributed by atoms with Crippen molar-refractivity contribution in [2.45, 2.75) is 45.8 Å². The molecule has 0 aliphatic carbocycles. The number of unbranched alkanes of at least 4 members (excludes halogenated alkanes) is 1. The molecule has 0 aliphatic rings. The van der Waals surface area contributed by atoms with Crippen LogP contribution in [0.25, 0.3) is 0 Å². The summed E-state index contributed by atoms with van der Waals surface area (Å²) in [5.41, 5.74) is 2.30. The van der Waals surface area contributed by atoms with Gasteiger partial charge in [-0.05, 0) is 38.7 Å². The lowest BCUT2D eigenvalue weighted by molar-refractivity contribution is 0.0237. The van der Waals surface area contributed by atoms with Crippen molar-refractivity contribution in [1.29, 1.82) is 0 Å². The summed E-state index contributed by atoms with van der Waals surface area (Å²) in [6.07, 6.45) is 9.84. The molecule has 114 valence electrons. The van der Waals surface area contributed by atoms with Crippen LogP contribution in [0.2, 0.25) is 0 Å². The molecule has 0 unspecified atom stereocenters. The molecular weight excluding hydrogens is 256 g/mol. The molecule has 2 atom stereocenters. The Morgan fingerprint density at radius 3 is 2.62 bits per heavy atom. The Morgan fingerprint density at radius 1 is 1.29 bits per heavy atom. The minimum atomic E-state index is 0.200. The molecule has 0 bridgehead atoms. The number of hydrogen-bond acceptors (Lipinski definition) is 1. The van der Waals surface area contributed by atoms with Crippen molar-refractivity contribution in [1.82, 2.24) is 0 Å². The molecule has 0 aliphatic heterocycles. The van der Waals surface area contributed by atoms with Crippen LogP contribution < -0.4 is 0 Å². The molecule has 1 aromatic rings. The van der Waals surface area contributed by atoms with Crippen molar-refractivity contribution in [3.63, 3.8) is 0 Å². The summed E-state index contributed by atoms with van der Waals surface area (Å²) < 4.78 is 6.05. The summed E-state index contributed by atoms with van der Waals surface area (Å²) in [6, 6.07) is 10.3. The minimum Gasteiger partial charge on any atom is -0.373 e. The number of hydrogen-bond donors (Lipinski definition) is 0. The van der Waals surface area contributed by atoms with E-state index in [0.717, 1.165) is 24.8 Å². The van der Waals surface area contributed by atoms with Gasteiger partial charge in [-0.25, -0.2) is 0 Å². The third kappa shape index (κ3) is 7.67. The fourth-order valence-electron chi connectivity index (χ4n) is 2.20. The Hall–Kier alpha value is -1.60. The number of rotatable bonds is 10. The first-order valence-electron chi connectivity index (χ1n) is 7.73. The van der Waals surface area contributed by atoms with E-state index in [1.54, 1.807) is 0 Å². The molecule has 0 N–H and O–H groups in total. The Kier molecular flexibility index (Phi) is 8.45. The molecule has 0 saturated carbocycles. The largest absolute Gasteiger partial charge is 0.373 e. The van der Waals surface area contributed by atoms with Gasteiger partial charge in [0.1, 0.15) is 0 Å². The molecule has 0 aromatic heterocycles. The van der Waals surface area contributed by atoms with Crippen LogP contribution in [0.3, 0.4) is 0 Å². The topological polar surface area (TPSA) is 9.23 Å². The van der Waals surface area contributed by atoms with Crippen LogP contribution >= 0.6 is 0 Å². The van der Waals surface area contributed by atoms with Crippen molar-refractivity contribution in [3.05, 3.63) is 72.9 Å². The fourth-order valence-corrected chi connectivity index (χ4v) is 2.20. The van der Waals surface area contributed by atoms with Crippen molar-refractivity contribution < 1.29 is 4.74 Å². The van der Waals surface area contributed by atoms with E-state index in [0.29, 0.717) is 12.5 Å². The highest BCUT2D eigenvalue weighted by Crippen LogP contribution is 2.19. The Morgan fingerprint density at radius 2 is 2.00 bits per heavy atom. The first-order chi connectivity index (χ1) is 10.1. The minimum absolute atomic E-state index is 0.200. The van der Waals surface area contributed by atoms with E-state index >= 15 is 0 Å². The van der Waals surface area contributed by atoms with Crippen LogP contribution in [-0.2, 0) is 11.3 Å². The van der Waals surface area contributed by atoms with Crippen LogP contribution in [0.4, 0.5) is 0 Å². The number of allylic oxidation sites excluding steroid dienone is 3. The van der Waals surface area contributed by atoms with E-state index in [9.17, 15) is 0 Å². The molecule has 1 nitrogen and oxygen atoms in total. The maximum absolute atomic E-state index is 6.05. The van der Waals surface area contributed by atoms with Gasteiger partial charge < -0.3 is 4.74 Å². The van der Waals surface area contributed by atoms with E-state index in [-0.39, 0.29) is 6.10 Å². The molecule has 0 saturated heterocycles. The van der Waals surface area contributed by atoms with Crippen molar-refractivity contribution in [2.24, 2.45) is 5.92 Å². The quantitative estimate of drug-likeness (QED) is 0.304. The van der Waals surface area contributed by atoms with Gasteiger partial charge >= 0.3 is 0 Å². The predicted octanol–water partition coefficient (Wildman–Crippen LogP) is 5.70. The average molecular weight is 284 g/mol. The second-order valence-corrected chi connectivity index (χ2v) is 5.59. The zero-order valence-corrected chi connectivity index (χ0v) is 13.4. The van der Waals surface area contributed by atoms with Crippen molar-refractivity contribution in [3.8, 4) is 0 Å². The third-order valence-corrected chi connectivity index (χ3v) is 3.53. The Balaban J connectivity index is 2.54. The van der Waals surface area contributed by atoms with Crippen LogP contribution in [-0.4, -0.2) is 6.10 Å². The maximum Gasteiger partial charge on any atom is 0.0720 e. The SMILES string of the molecule is C=CCCC[C@@H](/C=C/C(=C)C)[C@@H](C)OCc1ccccc1. The number of benzene rings is 1. The molecule has 1 heteroatoms. The van der Waals surface area contributed by atoms with Gasteiger partial charge in [0.25, 0.3) is 0 Å². The second kappa shape index (κ2) is 10.2. The van der Waals surface area contributed by atoms with Crippen molar-refractivity contribution in [2.75, 3.05) is 0 Å². The highest BCUT2D eigenvalue weighted by atomic mass is 16.5. The monoisotopic (exact) mass is 284 g/mol. The second-order valence-electron chi connectivity index (χ2n) is 5.59. The third-order valence-electron chi connectivity index (χ3n) is 3.53. The van der Waals surface area contributed by atoms with Gasteiger partial charge in [0.2, 0.25) is 0 Å². The molecule has 1 aromatic carbocycles. The number of ether oxygens (including phenoxy) is 1. The first-order valence-corrected chi connectivity index (χ1v) is 7.73. The molecule has 1 rings (SSSR count). The van der Waals surface area contributed by atoms with Gasteiger partial charge in [-0.1, -0.05) is 60.7 Å². The highest BCUT2D eigenvalue weighted by Gasteiger charge is 2.14. The zero-order chi connectivity index (χ0) is 15.5. The average Bonchev–Trinajstić information content (AvgIpc) is 2.49. The predicted molar refractivity (Wildman–Crippen MR) is 92.2 cm³/mol. The van der Waals surface area contributed by atoms with E-state index in [1.807, 2.05) is 31.2 Å². The normalized spacial score (nSPS) is 14.0. The van der Waals surface area contributed by atoms with Crippen LogP contribution in [0, 0.1) is 5.92 Å². The van der Waals surface area contributed by atoms with Gasteiger partial charge in [0, 0.05) is 5.92 Å². The lowest BCUT2D eigenvalue weighted by Crippen LogP contribution is -2.19. The summed E-state index contributed by atoms with van der Waals surface area (Å²) in [7, 11) is 0. The van der Waals surface area contributed by atoms with Gasteiger partial charge in [-0.3, -0.25) is 0 Å². The van der Waals surface area contributed by atoms with E-state index in [2.05, 4.69) is 44.4 Å². The molecule has 21 heavy (non-hydrogen) atoms. The molecular formula is C20H28O. The molecule has 0 radical (unpaired) electrons. The summed E-state index contributed by atoms with van der Waals surface area (Å²) in [4.78, 5) is 0. The van der Waals surface area contributed by atoms with Gasteiger partial charge in [-0.2, -0.15) is 0 Å². The molecule has 0 spiro atoms. The van der Waals surface area contributed by atoms with Gasteiger partial charge in [-0.15, -0.1) is 6.58 Å². The summed E-state index contributed by atoms with van der Waals surface area (Å²) in [6.45, 7) is 12.6. The standard InChI is InChI=1S/C20H28O/c1-5-6-8-13-20(15-14-17(2)3)18(4)21-16-19-11-9-7-10-12-19/h5,7,9-12,14-15,18,20H,1-2,6,8,13,16H2,3-4H3/b15-14+/t18-,20+/m1/s1. The lowest BCUT2D eigenvalue weighted by atomic mass is 9.95. The smallest absolute Gasteiger partial charge is 0.0720 e. The Bertz CT molecular complexity index is 444. The molecule has 0 heterocycles. The van der Waals surface area contributed by atoms with Gasteiger partial charge in [0.15, 0.2) is 0 Å². The van der Waals surface area contributed by atoms with Crippen molar-refractivity contribution >= 4 is 0 Å². The van der Waals surface area contributed by atoms with Crippen LogP contribution in [0.1, 0.15) is 38.7 Å². The fraction of sp³-hybridized carbons (Fsp3) is 0.400. The van der Waals surface area contributed by atoms with E-state index < -0.39 is 0 Å². The summed E-state index contributed by atoms with van der Waals surface area (Å²) in [5, 5.41) is 0. The molecule has 0 fully saturated rings. The molecule has 0 amide bonds. The van der Waals surface area contributed by atoms with Gasteiger partial charge in [0.05, 0.1) is 12.7 Å². The Labute approximate surface area is 130 Å². The zero-order valence-electron chi connectivity index (χ0n) is 13.4. The maximum atomic E-state index is 6.05. The van der Waals surface area contributed by atoms with Crippen LogP contribution in [0.15, 0.2) is 67.3 Å². The summed E-state index contributed by atoms with van der Waals surface area (Å²) in [5.74, 6) is 0.422. The van der Waals surface area contributed by atoms with Crippen LogP contribution in [0.5, 0.6) is 0 Å². The highest BCUT2D eigenvalue weighted by molar-refractivity contribution is 5.14. The van der Waals surface area contributed by atoms with E-state index in [4.69, 9.17) is 4.74 Å². The van der Waals surface area contributed by atoms with E-state index in [1.165, 1.54) is 5.56 Å².